The molecule has 0 bridgehead atoms. The number of likely N-dealkylation sites (tertiary alicyclic amines) is 1. The Morgan fingerprint density at radius 1 is 1.24 bits per heavy atom. The van der Waals surface area contributed by atoms with E-state index >= 15 is 0 Å². The van der Waals surface area contributed by atoms with Gasteiger partial charge in [0.05, 0.1) is 23.6 Å². The zero-order valence-electron chi connectivity index (χ0n) is 18.6. The molecule has 0 amide bonds. The minimum absolute atomic E-state index is 0.195. The van der Waals surface area contributed by atoms with Crippen LogP contribution in [0.2, 0.25) is 0 Å². The zero-order chi connectivity index (χ0) is 23.9. The fourth-order valence-electron chi connectivity index (χ4n) is 4.66. The lowest BCUT2D eigenvalue weighted by Crippen LogP contribution is -2.39. The molecule has 34 heavy (non-hydrogen) atoms. The van der Waals surface area contributed by atoms with Gasteiger partial charge in [0.15, 0.2) is 0 Å². The van der Waals surface area contributed by atoms with Crippen molar-refractivity contribution in [2.24, 2.45) is 0 Å². The van der Waals surface area contributed by atoms with E-state index in [-0.39, 0.29) is 10.9 Å². The first-order valence-electron chi connectivity index (χ1n) is 11.2. The Bertz CT molecular complexity index is 1300. The highest BCUT2D eigenvalue weighted by atomic mass is 32.1. The molecule has 4 heterocycles. The summed E-state index contributed by atoms with van der Waals surface area (Å²) in [5, 5.41) is 13.3. The molecule has 2 aliphatic rings. The first kappa shape index (κ1) is 22.7. The summed E-state index contributed by atoms with van der Waals surface area (Å²) in [6, 6.07) is 3.98. The SMILES string of the molecule is Cc1c(CN2CCC(Nc3ncnc4sc(CC(F)(F)F)cc34)CC2)cnc2c1C=C(C#N)C2. The van der Waals surface area contributed by atoms with Gasteiger partial charge >= 0.3 is 6.18 Å². The largest absolute Gasteiger partial charge is 0.393 e. The maximum Gasteiger partial charge on any atom is 0.393 e. The van der Waals surface area contributed by atoms with E-state index in [9.17, 15) is 18.4 Å². The average Bonchev–Trinajstić information content (AvgIpc) is 3.40. The number of hydrogen-bond donors (Lipinski definition) is 1. The fraction of sp³-hybridized carbons (Fsp3) is 0.417. The van der Waals surface area contributed by atoms with E-state index < -0.39 is 12.6 Å². The molecule has 10 heteroatoms. The van der Waals surface area contributed by atoms with Crippen LogP contribution in [0, 0.1) is 18.3 Å². The van der Waals surface area contributed by atoms with Crippen molar-refractivity contribution >= 4 is 33.4 Å². The van der Waals surface area contributed by atoms with Gasteiger partial charge in [0.25, 0.3) is 0 Å². The predicted molar refractivity (Wildman–Crippen MR) is 125 cm³/mol. The van der Waals surface area contributed by atoms with Crippen molar-refractivity contribution in [2.45, 2.75) is 51.4 Å². The Morgan fingerprint density at radius 2 is 2.03 bits per heavy atom. The van der Waals surface area contributed by atoms with Crippen LogP contribution in [0.4, 0.5) is 19.0 Å². The second kappa shape index (κ2) is 8.96. The van der Waals surface area contributed by atoms with E-state index in [1.165, 1.54) is 17.5 Å². The van der Waals surface area contributed by atoms with Crippen molar-refractivity contribution in [2.75, 3.05) is 18.4 Å². The number of halogens is 3. The number of anilines is 1. The van der Waals surface area contributed by atoms with Crippen molar-refractivity contribution in [3.05, 3.63) is 51.4 Å². The molecule has 0 atom stereocenters. The third-order valence-electron chi connectivity index (χ3n) is 6.47. The molecule has 3 aromatic heterocycles. The van der Waals surface area contributed by atoms with E-state index in [2.05, 4.69) is 38.2 Å². The van der Waals surface area contributed by atoms with Crippen molar-refractivity contribution in [1.29, 1.82) is 5.26 Å². The highest BCUT2D eigenvalue weighted by Crippen LogP contribution is 2.33. The minimum atomic E-state index is -4.24. The van der Waals surface area contributed by atoms with Crippen LogP contribution < -0.4 is 5.32 Å². The van der Waals surface area contributed by atoms with Crippen LogP contribution in [0.3, 0.4) is 0 Å². The molecule has 176 valence electrons. The summed E-state index contributed by atoms with van der Waals surface area (Å²) in [5.74, 6) is 0.604. The summed E-state index contributed by atoms with van der Waals surface area (Å²) in [6.45, 7) is 4.68. The van der Waals surface area contributed by atoms with E-state index in [0.29, 0.717) is 22.5 Å². The topological polar surface area (TPSA) is 77.7 Å². The summed E-state index contributed by atoms with van der Waals surface area (Å²) >= 11 is 1.07. The second-order valence-electron chi connectivity index (χ2n) is 8.87. The molecule has 1 aliphatic heterocycles. The predicted octanol–water partition coefficient (Wildman–Crippen LogP) is 5.04. The van der Waals surface area contributed by atoms with E-state index in [4.69, 9.17) is 0 Å². The van der Waals surface area contributed by atoms with Gasteiger partial charge in [-0.05, 0) is 43.0 Å². The number of alkyl halides is 3. The molecule has 1 N–H and O–H groups in total. The number of hydrogen-bond acceptors (Lipinski definition) is 7. The van der Waals surface area contributed by atoms with E-state index in [1.54, 1.807) is 6.07 Å². The summed E-state index contributed by atoms with van der Waals surface area (Å²) < 4.78 is 38.4. The number of rotatable bonds is 5. The Balaban J connectivity index is 1.22. The van der Waals surface area contributed by atoms with Gasteiger partial charge in [-0.25, -0.2) is 9.97 Å². The summed E-state index contributed by atoms with van der Waals surface area (Å²) in [6.07, 6.45) is 2.52. The molecule has 1 fully saturated rings. The highest BCUT2D eigenvalue weighted by Gasteiger charge is 2.29. The lowest BCUT2D eigenvalue weighted by Gasteiger charge is -2.33. The van der Waals surface area contributed by atoms with Crippen molar-refractivity contribution in [1.82, 2.24) is 19.9 Å². The third-order valence-corrected chi connectivity index (χ3v) is 7.51. The van der Waals surface area contributed by atoms with Gasteiger partial charge in [0, 0.05) is 54.3 Å². The Hall–Kier alpha value is -3.03. The van der Waals surface area contributed by atoms with Gasteiger partial charge < -0.3 is 5.32 Å². The van der Waals surface area contributed by atoms with Crippen LogP contribution in [0.25, 0.3) is 16.3 Å². The zero-order valence-corrected chi connectivity index (χ0v) is 19.4. The smallest absolute Gasteiger partial charge is 0.367 e. The standard InChI is InChI=1S/C24H23F3N6S/c1-14-16(11-29-21-7-15(10-28)6-19(14)21)12-33-4-2-17(3-5-33)32-22-20-8-18(9-24(25,26)27)34-23(20)31-13-30-22/h6,8,11,13,17H,2-5,7,9,12H2,1H3,(H,30,31,32). The van der Waals surface area contributed by atoms with Crippen LogP contribution in [0.15, 0.2) is 24.2 Å². The summed E-state index contributed by atoms with van der Waals surface area (Å²) in [5.41, 5.74) is 5.17. The number of thiophene rings is 1. The number of nitriles is 1. The Kier molecular flexibility index (Phi) is 6.00. The second-order valence-corrected chi connectivity index (χ2v) is 9.98. The number of fused-ring (bicyclic) bond motifs is 2. The molecule has 3 aromatic rings. The van der Waals surface area contributed by atoms with Crippen LogP contribution in [-0.2, 0) is 19.4 Å². The summed E-state index contributed by atoms with van der Waals surface area (Å²) in [7, 11) is 0. The van der Waals surface area contributed by atoms with E-state index in [1.807, 2.05) is 12.3 Å². The molecule has 0 radical (unpaired) electrons. The molecular weight excluding hydrogens is 461 g/mol. The number of piperidine rings is 1. The molecule has 0 unspecified atom stereocenters. The molecule has 0 saturated carbocycles. The number of allylic oxidation sites excluding steroid dienone is 1. The fourth-order valence-corrected chi connectivity index (χ4v) is 5.68. The molecule has 0 aromatic carbocycles. The number of pyridine rings is 1. The maximum absolute atomic E-state index is 12.8. The molecule has 1 saturated heterocycles. The molecule has 5 rings (SSSR count). The van der Waals surface area contributed by atoms with Crippen molar-refractivity contribution < 1.29 is 13.2 Å². The van der Waals surface area contributed by atoms with Gasteiger partial charge in [0.1, 0.15) is 17.0 Å². The van der Waals surface area contributed by atoms with Crippen molar-refractivity contribution in [3.8, 4) is 6.07 Å². The minimum Gasteiger partial charge on any atom is -0.367 e. The van der Waals surface area contributed by atoms with Gasteiger partial charge in [-0.3, -0.25) is 9.88 Å². The van der Waals surface area contributed by atoms with Gasteiger partial charge in [-0.1, -0.05) is 0 Å². The monoisotopic (exact) mass is 484 g/mol. The van der Waals surface area contributed by atoms with Gasteiger partial charge in [-0.2, -0.15) is 18.4 Å². The molecular formula is C24H23F3N6S. The normalized spacial score (nSPS) is 17.0. The lowest BCUT2D eigenvalue weighted by molar-refractivity contribution is -0.126. The highest BCUT2D eigenvalue weighted by molar-refractivity contribution is 7.18. The third kappa shape index (κ3) is 4.76. The van der Waals surface area contributed by atoms with Crippen LogP contribution in [0.1, 0.15) is 40.1 Å². The van der Waals surface area contributed by atoms with Crippen LogP contribution in [-0.4, -0.2) is 45.2 Å². The Morgan fingerprint density at radius 3 is 2.76 bits per heavy atom. The average molecular weight is 485 g/mol. The lowest BCUT2D eigenvalue weighted by atomic mass is 10.0. The van der Waals surface area contributed by atoms with Gasteiger partial charge in [-0.15, -0.1) is 11.3 Å². The Labute approximate surface area is 199 Å². The van der Waals surface area contributed by atoms with Crippen LogP contribution >= 0.6 is 11.3 Å². The number of nitrogens with zero attached hydrogens (tertiary/aromatic N) is 5. The maximum atomic E-state index is 12.8. The van der Waals surface area contributed by atoms with E-state index in [0.717, 1.165) is 60.6 Å². The number of nitrogens with one attached hydrogen (secondary N) is 1. The number of aromatic nitrogens is 3. The van der Waals surface area contributed by atoms with Gasteiger partial charge in [0.2, 0.25) is 0 Å². The molecule has 6 nitrogen and oxygen atoms in total. The van der Waals surface area contributed by atoms with Crippen molar-refractivity contribution in [3.63, 3.8) is 0 Å². The summed E-state index contributed by atoms with van der Waals surface area (Å²) in [4.78, 5) is 16.2. The molecule has 1 aliphatic carbocycles. The first-order chi connectivity index (χ1) is 16.3. The quantitative estimate of drug-likeness (QED) is 0.547. The first-order valence-corrected chi connectivity index (χ1v) is 12.0. The van der Waals surface area contributed by atoms with Crippen LogP contribution in [0.5, 0.6) is 0 Å². The molecule has 0 spiro atoms.